The Morgan fingerprint density at radius 2 is 2.00 bits per heavy atom. The van der Waals surface area contributed by atoms with E-state index < -0.39 is 0 Å². The average molecular weight is 290 g/mol. The van der Waals surface area contributed by atoms with E-state index >= 15 is 0 Å². The Bertz CT molecular complexity index is 474. The van der Waals surface area contributed by atoms with Gasteiger partial charge in [0.1, 0.15) is 0 Å². The molecule has 1 aromatic carbocycles. The van der Waals surface area contributed by atoms with Gasteiger partial charge in [0.2, 0.25) is 0 Å². The lowest BCUT2D eigenvalue weighted by Crippen LogP contribution is -2.41. The number of nitro groups is 1. The summed E-state index contributed by atoms with van der Waals surface area (Å²) in [6, 6.07) is 7.62. The number of benzene rings is 1. The fourth-order valence-electron chi connectivity index (χ4n) is 3.50. The number of nitro benzene ring substituents is 1. The van der Waals surface area contributed by atoms with Gasteiger partial charge in [0.15, 0.2) is 0 Å². The molecule has 4 heteroatoms. The number of para-hydroxylation sites is 1. The van der Waals surface area contributed by atoms with Crippen LogP contribution in [-0.2, 0) is 6.42 Å². The van der Waals surface area contributed by atoms with Gasteiger partial charge in [0, 0.05) is 17.7 Å². The largest absolute Gasteiger partial charge is 0.313 e. The van der Waals surface area contributed by atoms with Crippen molar-refractivity contribution in [1.82, 2.24) is 5.32 Å². The zero-order valence-corrected chi connectivity index (χ0v) is 13.0. The molecule has 1 aliphatic rings. The molecule has 0 radical (unpaired) electrons. The number of rotatable bonds is 6. The van der Waals surface area contributed by atoms with Crippen molar-refractivity contribution in [2.45, 2.75) is 52.0 Å². The molecule has 1 N–H and O–H groups in total. The second-order valence-electron chi connectivity index (χ2n) is 6.39. The quantitative estimate of drug-likeness (QED) is 0.637. The molecule has 2 atom stereocenters. The van der Waals surface area contributed by atoms with Gasteiger partial charge in [-0.2, -0.15) is 0 Å². The molecule has 2 unspecified atom stereocenters. The molecule has 0 aliphatic heterocycles. The van der Waals surface area contributed by atoms with Gasteiger partial charge in [-0.1, -0.05) is 44.9 Å². The van der Waals surface area contributed by atoms with E-state index in [4.69, 9.17) is 0 Å². The highest BCUT2D eigenvalue weighted by molar-refractivity contribution is 5.39. The summed E-state index contributed by atoms with van der Waals surface area (Å²) in [6.07, 6.45) is 5.90. The third kappa shape index (κ3) is 4.27. The molecule has 0 spiro atoms. The molecule has 0 bridgehead atoms. The molecular formula is C17H26N2O2. The van der Waals surface area contributed by atoms with Crippen LogP contribution in [0.15, 0.2) is 24.3 Å². The van der Waals surface area contributed by atoms with Crippen LogP contribution in [0.1, 0.15) is 45.1 Å². The first-order chi connectivity index (χ1) is 10.1. The van der Waals surface area contributed by atoms with Crippen LogP contribution in [0.2, 0.25) is 0 Å². The van der Waals surface area contributed by atoms with Gasteiger partial charge in [-0.25, -0.2) is 0 Å². The monoisotopic (exact) mass is 290 g/mol. The van der Waals surface area contributed by atoms with Crippen LogP contribution in [0, 0.1) is 22.0 Å². The molecule has 0 amide bonds. The highest BCUT2D eigenvalue weighted by Gasteiger charge is 2.26. The molecule has 21 heavy (non-hydrogen) atoms. The van der Waals surface area contributed by atoms with Gasteiger partial charge >= 0.3 is 0 Å². The third-order valence-corrected chi connectivity index (χ3v) is 4.66. The van der Waals surface area contributed by atoms with Crippen molar-refractivity contribution in [3.63, 3.8) is 0 Å². The summed E-state index contributed by atoms with van der Waals surface area (Å²) in [5, 5.41) is 14.7. The summed E-state index contributed by atoms with van der Waals surface area (Å²) in [6.45, 7) is 5.41. The molecule has 1 aromatic rings. The smallest absolute Gasteiger partial charge is 0.272 e. The van der Waals surface area contributed by atoms with Crippen LogP contribution in [0.4, 0.5) is 5.69 Å². The van der Waals surface area contributed by atoms with Crippen molar-refractivity contribution in [2.24, 2.45) is 11.8 Å². The summed E-state index contributed by atoms with van der Waals surface area (Å²) < 4.78 is 0. The summed E-state index contributed by atoms with van der Waals surface area (Å²) in [5.41, 5.74) is 1.07. The SMILES string of the molecule is CC(C)C1CCCCC1NCCc1ccccc1[N+](=O)[O-]. The van der Waals surface area contributed by atoms with Crippen molar-refractivity contribution in [3.8, 4) is 0 Å². The number of hydrogen-bond donors (Lipinski definition) is 1. The Morgan fingerprint density at radius 3 is 2.71 bits per heavy atom. The Labute approximate surface area is 127 Å². The maximum Gasteiger partial charge on any atom is 0.272 e. The van der Waals surface area contributed by atoms with E-state index in [1.165, 1.54) is 25.7 Å². The van der Waals surface area contributed by atoms with E-state index in [0.717, 1.165) is 24.4 Å². The lowest BCUT2D eigenvalue weighted by molar-refractivity contribution is -0.385. The lowest BCUT2D eigenvalue weighted by Gasteiger charge is -2.35. The molecule has 116 valence electrons. The predicted molar refractivity (Wildman–Crippen MR) is 85.4 cm³/mol. The van der Waals surface area contributed by atoms with Gasteiger partial charge in [0.25, 0.3) is 5.69 Å². The standard InChI is InChI=1S/C17H26N2O2/c1-13(2)15-8-4-5-9-16(15)18-12-11-14-7-3-6-10-17(14)19(20)21/h3,6-7,10,13,15-16,18H,4-5,8-9,11-12H2,1-2H3. The first-order valence-electron chi connectivity index (χ1n) is 8.05. The van der Waals surface area contributed by atoms with Crippen molar-refractivity contribution in [3.05, 3.63) is 39.9 Å². The van der Waals surface area contributed by atoms with Gasteiger partial charge in [-0.05, 0) is 37.6 Å². The van der Waals surface area contributed by atoms with E-state index in [0.29, 0.717) is 12.0 Å². The van der Waals surface area contributed by atoms with Crippen molar-refractivity contribution in [2.75, 3.05) is 6.54 Å². The first-order valence-corrected chi connectivity index (χ1v) is 8.05. The molecular weight excluding hydrogens is 264 g/mol. The predicted octanol–water partition coefficient (Wildman–Crippen LogP) is 3.94. The molecule has 4 nitrogen and oxygen atoms in total. The highest BCUT2D eigenvalue weighted by Crippen LogP contribution is 2.30. The minimum atomic E-state index is -0.285. The van der Waals surface area contributed by atoms with Crippen LogP contribution in [0.5, 0.6) is 0 Å². The molecule has 0 heterocycles. The average Bonchev–Trinajstić information content (AvgIpc) is 2.48. The highest BCUT2D eigenvalue weighted by atomic mass is 16.6. The molecule has 2 rings (SSSR count). The number of nitrogens with zero attached hydrogens (tertiary/aromatic N) is 1. The Morgan fingerprint density at radius 1 is 1.29 bits per heavy atom. The molecule has 0 saturated heterocycles. The van der Waals surface area contributed by atoms with E-state index in [2.05, 4.69) is 19.2 Å². The van der Waals surface area contributed by atoms with Gasteiger partial charge in [0.05, 0.1) is 4.92 Å². The van der Waals surface area contributed by atoms with Gasteiger partial charge in [-0.15, -0.1) is 0 Å². The Hall–Kier alpha value is -1.42. The summed E-state index contributed by atoms with van der Waals surface area (Å²) in [4.78, 5) is 10.7. The minimum Gasteiger partial charge on any atom is -0.313 e. The van der Waals surface area contributed by atoms with Crippen molar-refractivity contribution in [1.29, 1.82) is 0 Å². The van der Waals surface area contributed by atoms with Crippen molar-refractivity contribution < 1.29 is 4.92 Å². The summed E-state index contributed by atoms with van der Waals surface area (Å²) in [7, 11) is 0. The Balaban J connectivity index is 1.90. The van der Waals surface area contributed by atoms with Gasteiger partial charge in [-0.3, -0.25) is 10.1 Å². The maximum atomic E-state index is 11.0. The molecule has 1 saturated carbocycles. The zero-order valence-electron chi connectivity index (χ0n) is 13.0. The van der Waals surface area contributed by atoms with Crippen molar-refractivity contribution >= 4 is 5.69 Å². The fourth-order valence-corrected chi connectivity index (χ4v) is 3.50. The van der Waals surface area contributed by atoms with E-state index in [-0.39, 0.29) is 10.6 Å². The lowest BCUT2D eigenvalue weighted by atomic mass is 9.78. The number of hydrogen-bond acceptors (Lipinski definition) is 3. The first kappa shape index (κ1) is 16.0. The molecule has 1 fully saturated rings. The molecule has 1 aliphatic carbocycles. The van der Waals surface area contributed by atoms with Crippen LogP contribution < -0.4 is 5.32 Å². The number of nitrogens with one attached hydrogen (secondary N) is 1. The van der Waals surface area contributed by atoms with Crippen LogP contribution in [-0.4, -0.2) is 17.5 Å². The van der Waals surface area contributed by atoms with Gasteiger partial charge < -0.3 is 5.32 Å². The topological polar surface area (TPSA) is 55.2 Å². The van der Waals surface area contributed by atoms with Crippen LogP contribution >= 0.6 is 0 Å². The van der Waals surface area contributed by atoms with Crippen LogP contribution in [0.3, 0.4) is 0 Å². The maximum absolute atomic E-state index is 11.0. The zero-order chi connectivity index (χ0) is 15.2. The summed E-state index contributed by atoms with van der Waals surface area (Å²) in [5.74, 6) is 1.44. The van der Waals surface area contributed by atoms with E-state index in [1.54, 1.807) is 12.1 Å². The minimum absolute atomic E-state index is 0.239. The normalized spacial score (nSPS) is 22.4. The van der Waals surface area contributed by atoms with Crippen LogP contribution in [0.25, 0.3) is 0 Å². The second-order valence-corrected chi connectivity index (χ2v) is 6.39. The second kappa shape index (κ2) is 7.55. The Kier molecular flexibility index (Phi) is 5.74. The van der Waals surface area contributed by atoms with E-state index in [9.17, 15) is 10.1 Å². The molecule has 0 aromatic heterocycles. The van der Waals surface area contributed by atoms with E-state index in [1.807, 2.05) is 12.1 Å². The fraction of sp³-hybridized carbons (Fsp3) is 0.647. The summed E-state index contributed by atoms with van der Waals surface area (Å²) >= 11 is 0. The third-order valence-electron chi connectivity index (χ3n) is 4.66.